The van der Waals surface area contributed by atoms with Crippen LogP contribution in [0.3, 0.4) is 0 Å². The van der Waals surface area contributed by atoms with Crippen LogP contribution in [0.15, 0.2) is 24.3 Å². The highest BCUT2D eigenvalue weighted by Crippen LogP contribution is 2.13. The number of nitrogens with zero attached hydrogens (tertiary/aromatic N) is 3. The summed E-state index contributed by atoms with van der Waals surface area (Å²) in [6.45, 7) is 8.56. The molecule has 0 aromatic heterocycles. The predicted molar refractivity (Wildman–Crippen MR) is 95.6 cm³/mol. The van der Waals surface area contributed by atoms with Gasteiger partial charge in [-0.05, 0) is 30.9 Å². The van der Waals surface area contributed by atoms with Crippen molar-refractivity contribution < 1.29 is 14.5 Å². The number of amides is 1. The molecule has 0 aliphatic carbocycles. The van der Waals surface area contributed by atoms with Crippen LogP contribution >= 0.6 is 0 Å². The molecule has 0 N–H and O–H groups in total. The fraction of sp³-hybridized carbons (Fsp3) is 0.611. The van der Waals surface area contributed by atoms with Gasteiger partial charge in [0.2, 0.25) is 0 Å². The first-order chi connectivity index (χ1) is 12.0. The minimum absolute atomic E-state index is 0.120. The smallest absolute Gasteiger partial charge is 0.409 e. The molecular formula is C18H27N3O4. The van der Waals surface area contributed by atoms with Crippen molar-refractivity contribution in [1.29, 1.82) is 0 Å². The molecule has 0 radical (unpaired) electrons. The van der Waals surface area contributed by atoms with E-state index in [-0.39, 0.29) is 16.7 Å². The summed E-state index contributed by atoms with van der Waals surface area (Å²) in [6, 6.07) is 6.71. The lowest BCUT2D eigenvalue weighted by atomic mass is 10.1. The molecule has 0 spiro atoms. The van der Waals surface area contributed by atoms with Crippen LogP contribution in [0.1, 0.15) is 25.8 Å². The van der Waals surface area contributed by atoms with E-state index in [0.717, 1.165) is 44.6 Å². The van der Waals surface area contributed by atoms with E-state index in [2.05, 4.69) is 4.90 Å². The lowest BCUT2D eigenvalue weighted by Gasteiger charge is -2.22. The van der Waals surface area contributed by atoms with Crippen molar-refractivity contribution in [3.63, 3.8) is 0 Å². The molecule has 1 amide bonds. The van der Waals surface area contributed by atoms with Crippen LogP contribution in [0.4, 0.5) is 10.5 Å². The van der Waals surface area contributed by atoms with Gasteiger partial charge in [0, 0.05) is 38.3 Å². The van der Waals surface area contributed by atoms with E-state index in [1.165, 1.54) is 0 Å². The van der Waals surface area contributed by atoms with E-state index in [9.17, 15) is 14.9 Å². The van der Waals surface area contributed by atoms with Crippen molar-refractivity contribution in [2.45, 2.75) is 26.7 Å². The molecule has 0 bridgehead atoms. The Bertz CT molecular complexity index is 574. The third kappa shape index (κ3) is 6.34. The molecule has 1 aromatic carbocycles. The third-order valence-electron chi connectivity index (χ3n) is 4.25. The Morgan fingerprint density at radius 1 is 1.20 bits per heavy atom. The summed E-state index contributed by atoms with van der Waals surface area (Å²) in [7, 11) is 0. The number of benzene rings is 1. The highest BCUT2D eigenvalue weighted by atomic mass is 16.6. The molecule has 1 fully saturated rings. The van der Waals surface area contributed by atoms with Crippen molar-refractivity contribution in [2.75, 3.05) is 39.3 Å². The average Bonchev–Trinajstić information content (AvgIpc) is 2.84. The van der Waals surface area contributed by atoms with Crippen LogP contribution in [0.25, 0.3) is 0 Å². The summed E-state index contributed by atoms with van der Waals surface area (Å²) in [6.07, 6.45) is 1.55. The summed E-state index contributed by atoms with van der Waals surface area (Å²) in [5.41, 5.74) is 1.21. The number of carbonyl (C=O) groups is 1. The Labute approximate surface area is 148 Å². The van der Waals surface area contributed by atoms with Crippen LogP contribution in [0.2, 0.25) is 0 Å². The SMILES string of the molecule is CC(C)COC(=O)N1CCCN(CCc2ccc([N+](=O)[O-])cc2)CC1. The number of hydrogen-bond donors (Lipinski definition) is 0. The third-order valence-corrected chi connectivity index (χ3v) is 4.25. The molecule has 1 saturated heterocycles. The molecule has 0 unspecified atom stereocenters. The van der Waals surface area contributed by atoms with Gasteiger partial charge in [0.1, 0.15) is 0 Å². The van der Waals surface area contributed by atoms with Gasteiger partial charge in [0.15, 0.2) is 0 Å². The number of rotatable bonds is 6. The minimum atomic E-state index is -0.383. The maximum absolute atomic E-state index is 12.1. The van der Waals surface area contributed by atoms with Crippen LogP contribution in [-0.4, -0.2) is 60.1 Å². The molecule has 1 heterocycles. The normalized spacial score (nSPS) is 15.9. The molecular weight excluding hydrogens is 322 g/mol. The van der Waals surface area contributed by atoms with Crippen molar-refractivity contribution in [3.05, 3.63) is 39.9 Å². The van der Waals surface area contributed by atoms with Gasteiger partial charge in [-0.3, -0.25) is 10.1 Å². The Morgan fingerprint density at radius 3 is 2.56 bits per heavy atom. The average molecular weight is 349 g/mol. The van der Waals surface area contributed by atoms with Crippen LogP contribution in [0.5, 0.6) is 0 Å². The standard InChI is InChI=1S/C18H27N3O4/c1-15(2)14-25-18(22)20-10-3-9-19(12-13-20)11-8-16-4-6-17(7-5-16)21(23)24/h4-7,15H,3,8-14H2,1-2H3. The number of nitro groups is 1. The van der Waals surface area contributed by atoms with E-state index in [1.807, 2.05) is 26.0 Å². The fourth-order valence-corrected chi connectivity index (χ4v) is 2.78. The maximum Gasteiger partial charge on any atom is 0.409 e. The van der Waals surface area contributed by atoms with Gasteiger partial charge in [-0.1, -0.05) is 26.0 Å². The van der Waals surface area contributed by atoms with Crippen molar-refractivity contribution >= 4 is 11.8 Å². The van der Waals surface area contributed by atoms with Gasteiger partial charge >= 0.3 is 6.09 Å². The first-order valence-electron chi connectivity index (χ1n) is 8.83. The first kappa shape index (κ1) is 19.2. The van der Waals surface area contributed by atoms with E-state index in [4.69, 9.17) is 4.74 Å². The number of hydrogen-bond acceptors (Lipinski definition) is 5. The lowest BCUT2D eigenvalue weighted by molar-refractivity contribution is -0.384. The quantitative estimate of drug-likeness (QED) is 0.583. The fourth-order valence-electron chi connectivity index (χ4n) is 2.78. The van der Waals surface area contributed by atoms with Gasteiger partial charge in [0.05, 0.1) is 11.5 Å². The second kappa shape index (κ2) is 9.36. The molecule has 1 aliphatic rings. The predicted octanol–water partition coefficient (Wildman–Crippen LogP) is 2.94. The van der Waals surface area contributed by atoms with Gasteiger partial charge in [-0.25, -0.2) is 4.79 Å². The zero-order valence-electron chi connectivity index (χ0n) is 15.0. The molecule has 1 aromatic rings. The van der Waals surface area contributed by atoms with Crippen molar-refractivity contribution in [3.8, 4) is 0 Å². The monoisotopic (exact) mass is 349 g/mol. The van der Waals surface area contributed by atoms with Gasteiger partial charge in [0.25, 0.3) is 5.69 Å². The van der Waals surface area contributed by atoms with Crippen LogP contribution in [0, 0.1) is 16.0 Å². The van der Waals surface area contributed by atoms with E-state index < -0.39 is 0 Å². The first-order valence-corrected chi connectivity index (χ1v) is 8.83. The van der Waals surface area contributed by atoms with Gasteiger partial charge in [-0.15, -0.1) is 0 Å². The van der Waals surface area contributed by atoms with E-state index in [1.54, 1.807) is 17.0 Å². The van der Waals surface area contributed by atoms with Gasteiger partial charge < -0.3 is 14.5 Å². The molecule has 138 valence electrons. The molecule has 2 rings (SSSR count). The zero-order valence-corrected chi connectivity index (χ0v) is 15.0. The lowest BCUT2D eigenvalue weighted by Crippen LogP contribution is -2.36. The summed E-state index contributed by atoms with van der Waals surface area (Å²) in [4.78, 5) is 26.5. The molecule has 0 saturated carbocycles. The second-order valence-electron chi connectivity index (χ2n) is 6.83. The van der Waals surface area contributed by atoms with Gasteiger partial charge in [-0.2, -0.15) is 0 Å². The number of ether oxygens (including phenoxy) is 1. The van der Waals surface area contributed by atoms with Crippen LogP contribution in [-0.2, 0) is 11.2 Å². The summed E-state index contributed by atoms with van der Waals surface area (Å²) in [5, 5.41) is 10.7. The van der Waals surface area contributed by atoms with E-state index in [0.29, 0.717) is 19.1 Å². The molecule has 25 heavy (non-hydrogen) atoms. The summed E-state index contributed by atoms with van der Waals surface area (Å²) in [5.74, 6) is 0.342. The molecule has 1 aliphatic heterocycles. The largest absolute Gasteiger partial charge is 0.449 e. The van der Waals surface area contributed by atoms with Crippen molar-refractivity contribution in [1.82, 2.24) is 9.80 Å². The topological polar surface area (TPSA) is 75.9 Å². The number of nitro benzene ring substituents is 1. The van der Waals surface area contributed by atoms with Crippen molar-refractivity contribution in [2.24, 2.45) is 5.92 Å². The molecule has 7 nitrogen and oxygen atoms in total. The number of carbonyl (C=O) groups excluding carboxylic acids is 1. The summed E-state index contributed by atoms with van der Waals surface area (Å²) >= 11 is 0. The Kier molecular flexibility index (Phi) is 7.18. The minimum Gasteiger partial charge on any atom is -0.449 e. The summed E-state index contributed by atoms with van der Waals surface area (Å²) < 4.78 is 5.31. The Hall–Kier alpha value is -2.15. The Morgan fingerprint density at radius 2 is 1.92 bits per heavy atom. The van der Waals surface area contributed by atoms with E-state index >= 15 is 0 Å². The maximum atomic E-state index is 12.1. The second-order valence-corrected chi connectivity index (χ2v) is 6.83. The Balaban J connectivity index is 1.77. The van der Waals surface area contributed by atoms with Crippen LogP contribution < -0.4 is 0 Å². The number of non-ortho nitro benzene ring substituents is 1. The molecule has 0 atom stereocenters. The highest BCUT2D eigenvalue weighted by molar-refractivity contribution is 5.67. The zero-order chi connectivity index (χ0) is 18.2. The molecule has 7 heteroatoms. The highest BCUT2D eigenvalue weighted by Gasteiger charge is 2.20.